The highest BCUT2D eigenvalue weighted by molar-refractivity contribution is 6.09. The first-order chi connectivity index (χ1) is 20.1. The number of aryl methyl sites for hydroxylation is 3. The van der Waals surface area contributed by atoms with E-state index in [2.05, 4.69) is 145 Å². The van der Waals surface area contributed by atoms with E-state index in [0.717, 1.165) is 11.4 Å². The molecule has 0 atom stereocenters. The van der Waals surface area contributed by atoms with Gasteiger partial charge in [0.25, 0.3) is 0 Å². The third-order valence-corrected chi connectivity index (χ3v) is 8.32. The molecular weight excluding hydrogens is 496 g/mol. The van der Waals surface area contributed by atoms with E-state index in [0.29, 0.717) is 0 Å². The number of hydrogen-bond acceptors (Lipinski definition) is 0. The molecule has 0 aliphatic carbocycles. The van der Waals surface area contributed by atoms with Gasteiger partial charge >= 0.3 is 0 Å². The van der Waals surface area contributed by atoms with Gasteiger partial charge in [-0.3, -0.25) is 0 Å². The largest absolute Gasteiger partial charge is 0.310 e. The van der Waals surface area contributed by atoms with Crippen molar-refractivity contribution < 1.29 is 0 Å². The van der Waals surface area contributed by atoms with E-state index in [9.17, 15) is 0 Å². The fourth-order valence-electron chi connectivity index (χ4n) is 6.40. The van der Waals surface area contributed by atoms with Crippen LogP contribution in [0.4, 0.5) is 0 Å². The summed E-state index contributed by atoms with van der Waals surface area (Å²) in [6.07, 6.45) is 9.40. The normalized spacial score (nSPS) is 11.7. The van der Waals surface area contributed by atoms with Gasteiger partial charge in [0.15, 0.2) is 0 Å². The van der Waals surface area contributed by atoms with Gasteiger partial charge in [-0.1, -0.05) is 72.7 Å². The lowest BCUT2D eigenvalue weighted by Gasteiger charge is -2.16. The summed E-state index contributed by atoms with van der Waals surface area (Å²) < 4.78 is 4.69. The summed E-state index contributed by atoms with van der Waals surface area (Å²) in [6.45, 7) is 6.58. The molecule has 0 aliphatic heterocycles. The van der Waals surface area contributed by atoms with Gasteiger partial charge in [0.05, 0.1) is 22.2 Å². The SMILES string of the molecule is C#C/C=C\c1c(C)c2ccccc2n1-c1ccc(-c2ccc(-n3c4ccccc4c4ccccc43)cc2C)c(C)c1. The van der Waals surface area contributed by atoms with E-state index in [-0.39, 0.29) is 0 Å². The van der Waals surface area contributed by atoms with Gasteiger partial charge in [-0.05, 0) is 103 Å². The minimum Gasteiger partial charge on any atom is -0.310 e. The molecule has 0 saturated heterocycles. The number of aromatic nitrogens is 2. The number of nitrogens with zero attached hydrogens (tertiary/aromatic N) is 2. The number of allylic oxidation sites excluding steroid dienone is 1. The summed E-state index contributed by atoms with van der Waals surface area (Å²) in [6, 6.07) is 39.5. The van der Waals surface area contributed by atoms with Crippen LogP contribution in [0.15, 0.2) is 115 Å². The Morgan fingerprint density at radius 1 is 0.561 bits per heavy atom. The summed E-state index contributed by atoms with van der Waals surface area (Å²) in [7, 11) is 0. The van der Waals surface area contributed by atoms with Crippen molar-refractivity contribution in [3.05, 3.63) is 138 Å². The molecule has 0 saturated carbocycles. The van der Waals surface area contributed by atoms with Crippen LogP contribution in [0.3, 0.4) is 0 Å². The molecule has 0 bridgehead atoms. The Morgan fingerprint density at radius 3 is 1.54 bits per heavy atom. The Hall–Kier alpha value is -5.26. The maximum Gasteiger partial charge on any atom is 0.0541 e. The standard InChI is InChI=1S/C39H30N2/c1-5-6-16-36-28(4)33-13-7-10-17-37(33)40(36)29-20-22-31(26(2)24-29)32-23-21-30(25-27(32)3)41-38-18-11-8-14-34(38)35-15-9-12-19-39(35)41/h1,6-25H,2-4H3/b16-6-. The topological polar surface area (TPSA) is 9.86 Å². The van der Waals surface area contributed by atoms with Crippen molar-refractivity contribution in [3.63, 3.8) is 0 Å². The molecule has 0 amide bonds. The molecule has 41 heavy (non-hydrogen) atoms. The van der Waals surface area contributed by atoms with E-state index < -0.39 is 0 Å². The lowest BCUT2D eigenvalue weighted by Crippen LogP contribution is -1.99. The Bertz CT molecular complexity index is 2140. The Labute approximate surface area is 240 Å². The van der Waals surface area contributed by atoms with Crippen molar-refractivity contribution in [1.82, 2.24) is 9.13 Å². The number of para-hydroxylation sites is 3. The average molecular weight is 527 g/mol. The predicted octanol–water partition coefficient (Wildman–Crippen LogP) is 9.97. The first kappa shape index (κ1) is 24.8. The van der Waals surface area contributed by atoms with Crippen LogP contribution in [0.5, 0.6) is 0 Å². The van der Waals surface area contributed by atoms with Gasteiger partial charge in [0.1, 0.15) is 0 Å². The zero-order chi connectivity index (χ0) is 28.1. The van der Waals surface area contributed by atoms with Crippen molar-refractivity contribution in [2.24, 2.45) is 0 Å². The van der Waals surface area contributed by atoms with Gasteiger partial charge in [-0.25, -0.2) is 0 Å². The third-order valence-electron chi connectivity index (χ3n) is 8.32. The average Bonchev–Trinajstić information content (AvgIpc) is 3.48. The van der Waals surface area contributed by atoms with E-state index in [1.807, 2.05) is 6.08 Å². The quantitative estimate of drug-likeness (QED) is 0.202. The van der Waals surface area contributed by atoms with Crippen LogP contribution in [-0.4, -0.2) is 9.13 Å². The first-order valence-corrected chi connectivity index (χ1v) is 14.0. The molecule has 196 valence electrons. The van der Waals surface area contributed by atoms with E-state index in [1.165, 1.54) is 66.2 Å². The molecule has 0 N–H and O–H groups in total. The Morgan fingerprint density at radius 2 is 1.02 bits per heavy atom. The van der Waals surface area contributed by atoms with Crippen LogP contribution in [0.25, 0.3) is 61.3 Å². The van der Waals surface area contributed by atoms with Crippen LogP contribution in [0, 0.1) is 33.1 Å². The third kappa shape index (κ3) is 3.90. The molecule has 0 spiro atoms. The first-order valence-electron chi connectivity index (χ1n) is 14.0. The summed E-state index contributed by atoms with van der Waals surface area (Å²) >= 11 is 0. The zero-order valence-corrected chi connectivity index (χ0v) is 23.5. The number of benzene rings is 5. The second kappa shape index (κ2) is 9.73. The molecule has 7 aromatic rings. The molecule has 2 nitrogen and oxygen atoms in total. The van der Waals surface area contributed by atoms with Gasteiger partial charge in [0.2, 0.25) is 0 Å². The number of terminal acetylenes is 1. The second-order valence-corrected chi connectivity index (χ2v) is 10.7. The van der Waals surface area contributed by atoms with Crippen molar-refractivity contribution >= 4 is 38.8 Å². The smallest absolute Gasteiger partial charge is 0.0541 e. The highest BCUT2D eigenvalue weighted by Crippen LogP contribution is 2.36. The predicted molar refractivity (Wildman–Crippen MR) is 175 cm³/mol. The van der Waals surface area contributed by atoms with Gasteiger partial charge in [-0.2, -0.15) is 0 Å². The van der Waals surface area contributed by atoms with Gasteiger partial charge in [0, 0.05) is 27.5 Å². The molecule has 0 fully saturated rings. The molecule has 7 rings (SSSR count). The van der Waals surface area contributed by atoms with Crippen LogP contribution < -0.4 is 0 Å². The minimum atomic E-state index is 1.11. The van der Waals surface area contributed by atoms with Crippen LogP contribution in [0.1, 0.15) is 22.4 Å². The van der Waals surface area contributed by atoms with E-state index >= 15 is 0 Å². The molecule has 0 radical (unpaired) electrons. The molecule has 2 heterocycles. The Balaban J connectivity index is 1.34. The number of rotatable bonds is 4. The summed E-state index contributed by atoms with van der Waals surface area (Å²) in [5.74, 6) is 2.65. The second-order valence-electron chi connectivity index (χ2n) is 10.7. The number of hydrogen-bond donors (Lipinski definition) is 0. The fraction of sp³-hybridized carbons (Fsp3) is 0.0769. The molecule has 0 aliphatic rings. The van der Waals surface area contributed by atoms with Crippen LogP contribution in [0.2, 0.25) is 0 Å². The fourth-order valence-corrected chi connectivity index (χ4v) is 6.40. The maximum absolute atomic E-state index is 5.58. The van der Waals surface area contributed by atoms with Crippen molar-refractivity contribution in [1.29, 1.82) is 0 Å². The van der Waals surface area contributed by atoms with Crippen molar-refractivity contribution in [2.45, 2.75) is 20.8 Å². The summed E-state index contributed by atoms with van der Waals surface area (Å²) in [4.78, 5) is 0. The monoisotopic (exact) mass is 526 g/mol. The molecule has 0 unspecified atom stereocenters. The highest BCUT2D eigenvalue weighted by Gasteiger charge is 2.16. The van der Waals surface area contributed by atoms with Crippen LogP contribution >= 0.6 is 0 Å². The maximum atomic E-state index is 5.58. The van der Waals surface area contributed by atoms with E-state index in [4.69, 9.17) is 6.42 Å². The molecule has 2 aromatic heterocycles. The van der Waals surface area contributed by atoms with Crippen molar-refractivity contribution in [3.8, 4) is 34.8 Å². The lowest BCUT2D eigenvalue weighted by atomic mass is 9.95. The minimum absolute atomic E-state index is 1.11. The Kier molecular flexibility index (Phi) is 5.88. The van der Waals surface area contributed by atoms with Gasteiger partial charge in [-0.15, -0.1) is 6.42 Å². The zero-order valence-electron chi connectivity index (χ0n) is 23.5. The van der Waals surface area contributed by atoms with Crippen molar-refractivity contribution in [2.75, 3.05) is 0 Å². The molecule has 2 heteroatoms. The lowest BCUT2D eigenvalue weighted by molar-refractivity contribution is 1.09. The van der Waals surface area contributed by atoms with Gasteiger partial charge < -0.3 is 9.13 Å². The van der Waals surface area contributed by atoms with Crippen LogP contribution in [-0.2, 0) is 0 Å². The highest BCUT2D eigenvalue weighted by atomic mass is 15.0. The summed E-state index contributed by atoms with van der Waals surface area (Å²) in [5.41, 5.74) is 13.3. The summed E-state index contributed by atoms with van der Waals surface area (Å²) in [5, 5.41) is 3.79. The molecule has 5 aromatic carbocycles. The molecular formula is C39H30N2. The number of fused-ring (bicyclic) bond motifs is 4. The van der Waals surface area contributed by atoms with E-state index in [1.54, 1.807) is 6.08 Å².